The highest BCUT2D eigenvalue weighted by atomic mass is 16.3. The monoisotopic (exact) mass is 295 g/mol. The molecule has 120 valence electrons. The molecule has 0 saturated carbocycles. The molecule has 5 nitrogen and oxygen atoms in total. The Labute approximate surface area is 127 Å². The van der Waals surface area contributed by atoms with Crippen molar-refractivity contribution >= 4 is 5.91 Å². The lowest BCUT2D eigenvalue weighted by molar-refractivity contribution is -0.126. The molecule has 0 saturated heterocycles. The van der Waals surface area contributed by atoms with E-state index in [4.69, 9.17) is 5.11 Å². The molecular weight excluding hydrogens is 266 g/mol. The Hall–Kier alpha value is -1.36. The summed E-state index contributed by atoms with van der Waals surface area (Å²) in [5.74, 6) is -0.0772. The van der Waals surface area contributed by atoms with Crippen molar-refractivity contribution in [2.75, 3.05) is 6.61 Å². The lowest BCUT2D eigenvalue weighted by Crippen LogP contribution is -2.48. The quantitative estimate of drug-likeness (QED) is 0.807. The molecule has 0 aliphatic heterocycles. The average Bonchev–Trinajstić information content (AvgIpc) is 2.65. The summed E-state index contributed by atoms with van der Waals surface area (Å²) in [6, 6.07) is 0. The minimum atomic E-state index is -0.334. The first kappa shape index (κ1) is 17.7. The smallest absolute Gasteiger partial charge is 0.223 e. The number of nitrogens with zero attached hydrogens (tertiary/aromatic N) is 2. The summed E-state index contributed by atoms with van der Waals surface area (Å²) in [5.41, 5.74) is 2.92. The van der Waals surface area contributed by atoms with E-state index in [0.717, 1.165) is 23.4 Å². The standard InChI is InChI=1S/C16H29N3O2/c1-7-16(5,8-9-20)17-15(21)11(2)10-14-12(3)18-19(6)13(14)4/h11,20H,7-10H2,1-6H3,(H,17,21). The van der Waals surface area contributed by atoms with Crippen LogP contribution >= 0.6 is 0 Å². The van der Waals surface area contributed by atoms with Crippen LogP contribution in [0.1, 0.15) is 50.6 Å². The zero-order chi connectivity index (χ0) is 16.2. The number of aliphatic hydroxyl groups excluding tert-OH is 1. The molecule has 0 radical (unpaired) electrons. The highest BCUT2D eigenvalue weighted by molar-refractivity contribution is 5.79. The van der Waals surface area contributed by atoms with Crippen molar-refractivity contribution in [1.29, 1.82) is 0 Å². The molecule has 2 unspecified atom stereocenters. The summed E-state index contributed by atoms with van der Waals surface area (Å²) in [7, 11) is 1.92. The fourth-order valence-corrected chi connectivity index (χ4v) is 2.51. The Morgan fingerprint density at radius 1 is 1.48 bits per heavy atom. The first-order valence-corrected chi connectivity index (χ1v) is 7.66. The van der Waals surface area contributed by atoms with Gasteiger partial charge in [0.25, 0.3) is 0 Å². The topological polar surface area (TPSA) is 67.2 Å². The van der Waals surface area contributed by atoms with Gasteiger partial charge < -0.3 is 10.4 Å². The first-order chi connectivity index (χ1) is 9.74. The Morgan fingerprint density at radius 2 is 2.10 bits per heavy atom. The second-order valence-corrected chi connectivity index (χ2v) is 6.26. The Kier molecular flexibility index (Phi) is 5.96. The molecule has 0 spiro atoms. The summed E-state index contributed by atoms with van der Waals surface area (Å²) in [4.78, 5) is 12.4. The van der Waals surface area contributed by atoms with Crippen LogP contribution < -0.4 is 5.32 Å². The van der Waals surface area contributed by atoms with Gasteiger partial charge in [-0.2, -0.15) is 5.10 Å². The normalized spacial score (nSPS) is 15.6. The summed E-state index contributed by atoms with van der Waals surface area (Å²) in [6.07, 6.45) is 2.07. The zero-order valence-electron chi connectivity index (χ0n) is 14.2. The molecular formula is C16H29N3O2. The van der Waals surface area contributed by atoms with Crippen molar-refractivity contribution in [3.63, 3.8) is 0 Å². The van der Waals surface area contributed by atoms with Gasteiger partial charge in [-0.1, -0.05) is 13.8 Å². The molecule has 2 atom stereocenters. The third-order valence-corrected chi connectivity index (χ3v) is 4.49. The van der Waals surface area contributed by atoms with Crippen molar-refractivity contribution < 1.29 is 9.90 Å². The number of aryl methyl sites for hydroxylation is 2. The molecule has 0 aliphatic carbocycles. The lowest BCUT2D eigenvalue weighted by atomic mass is 9.92. The van der Waals surface area contributed by atoms with Gasteiger partial charge in [-0.05, 0) is 45.6 Å². The summed E-state index contributed by atoms with van der Waals surface area (Å²) >= 11 is 0. The van der Waals surface area contributed by atoms with Crippen LogP contribution in [0.4, 0.5) is 0 Å². The SMILES string of the molecule is CCC(C)(CCO)NC(=O)C(C)Cc1c(C)nn(C)c1C. The highest BCUT2D eigenvalue weighted by Crippen LogP contribution is 2.19. The maximum absolute atomic E-state index is 12.4. The molecule has 1 aromatic rings. The first-order valence-electron chi connectivity index (χ1n) is 7.66. The Morgan fingerprint density at radius 3 is 2.52 bits per heavy atom. The summed E-state index contributed by atoms with van der Waals surface area (Å²) in [5, 5.41) is 16.6. The van der Waals surface area contributed by atoms with Crippen LogP contribution in [0.5, 0.6) is 0 Å². The number of aromatic nitrogens is 2. The molecule has 1 heterocycles. The van der Waals surface area contributed by atoms with Crippen molar-refractivity contribution in [2.45, 2.75) is 59.4 Å². The Balaban J connectivity index is 2.75. The minimum absolute atomic E-state index is 0.0375. The van der Waals surface area contributed by atoms with E-state index in [1.54, 1.807) is 0 Å². The fraction of sp³-hybridized carbons (Fsp3) is 0.750. The average molecular weight is 295 g/mol. The second kappa shape index (κ2) is 7.07. The molecule has 0 aromatic carbocycles. The van der Waals surface area contributed by atoms with E-state index in [9.17, 15) is 4.79 Å². The van der Waals surface area contributed by atoms with Crippen LogP contribution in [0.3, 0.4) is 0 Å². The summed E-state index contributed by atoms with van der Waals surface area (Å²) < 4.78 is 1.86. The predicted octanol–water partition coefficient (Wildman–Crippen LogP) is 1.88. The van der Waals surface area contributed by atoms with Gasteiger partial charge in [0, 0.05) is 30.8 Å². The van der Waals surface area contributed by atoms with Gasteiger partial charge in [-0.3, -0.25) is 9.48 Å². The number of hydrogen-bond donors (Lipinski definition) is 2. The van der Waals surface area contributed by atoms with Gasteiger partial charge in [0.15, 0.2) is 0 Å². The van der Waals surface area contributed by atoms with E-state index in [-0.39, 0.29) is 24.0 Å². The molecule has 21 heavy (non-hydrogen) atoms. The molecule has 1 rings (SSSR count). The van der Waals surface area contributed by atoms with E-state index in [1.165, 1.54) is 0 Å². The summed E-state index contributed by atoms with van der Waals surface area (Å²) in [6.45, 7) is 10.0. The number of aliphatic hydroxyl groups is 1. The van der Waals surface area contributed by atoms with E-state index in [2.05, 4.69) is 10.4 Å². The lowest BCUT2D eigenvalue weighted by Gasteiger charge is -2.30. The highest BCUT2D eigenvalue weighted by Gasteiger charge is 2.27. The number of carbonyl (C=O) groups excluding carboxylic acids is 1. The van der Waals surface area contributed by atoms with Crippen LogP contribution in [0, 0.1) is 19.8 Å². The molecule has 1 amide bonds. The molecule has 0 aliphatic rings. The van der Waals surface area contributed by atoms with Crippen molar-refractivity contribution in [3.8, 4) is 0 Å². The number of nitrogens with one attached hydrogen (secondary N) is 1. The van der Waals surface area contributed by atoms with E-state index < -0.39 is 0 Å². The number of rotatable bonds is 7. The van der Waals surface area contributed by atoms with Crippen LogP contribution in [-0.2, 0) is 18.3 Å². The van der Waals surface area contributed by atoms with E-state index >= 15 is 0 Å². The number of carbonyl (C=O) groups is 1. The number of hydrogen-bond acceptors (Lipinski definition) is 3. The molecule has 0 bridgehead atoms. The maximum atomic E-state index is 12.4. The molecule has 0 fully saturated rings. The van der Waals surface area contributed by atoms with Crippen molar-refractivity contribution in [2.24, 2.45) is 13.0 Å². The van der Waals surface area contributed by atoms with Gasteiger partial charge in [0.05, 0.1) is 5.69 Å². The Bertz CT molecular complexity index is 496. The van der Waals surface area contributed by atoms with Gasteiger partial charge in [0.1, 0.15) is 0 Å². The van der Waals surface area contributed by atoms with E-state index in [0.29, 0.717) is 12.8 Å². The third-order valence-electron chi connectivity index (χ3n) is 4.49. The minimum Gasteiger partial charge on any atom is -0.396 e. The van der Waals surface area contributed by atoms with Crippen LogP contribution in [-0.4, -0.2) is 32.9 Å². The van der Waals surface area contributed by atoms with Crippen molar-refractivity contribution in [3.05, 3.63) is 17.0 Å². The van der Waals surface area contributed by atoms with Crippen LogP contribution in [0.25, 0.3) is 0 Å². The van der Waals surface area contributed by atoms with E-state index in [1.807, 2.05) is 46.3 Å². The number of amides is 1. The van der Waals surface area contributed by atoms with Gasteiger partial charge >= 0.3 is 0 Å². The van der Waals surface area contributed by atoms with Gasteiger partial charge in [-0.15, -0.1) is 0 Å². The van der Waals surface area contributed by atoms with Gasteiger partial charge in [0.2, 0.25) is 5.91 Å². The maximum Gasteiger partial charge on any atom is 0.223 e. The molecule has 1 aromatic heterocycles. The third kappa shape index (κ3) is 4.30. The van der Waals surface area contributed by atoms with Crippen LogP contribution in [0.15, 0.2) is 0 Å². The predicted molar refractivity (Wildman–Crippen MR) is 84.1 cm³/mol. The zero-order valence-corrected chi connectivity index (χ0v) is 14.2. The second-order valence-electron chi connectivity index (χ2n) is 6.26. The molecule has 2 N–H and O–H groups in total. The fourth-order valence-electron chi connectivity index (χ4n) is 2.51. The van der Waals surface area contributed by atoms with Gasteiger partial charge in [-0.25, -0.2) is 0 Å². The largest absolute Gasteiger partial charge is 0.396 e. The van der Waals surface area contributed by atoms with Crippen LogP contribution in [0.2, 0.25) is 0 Å². The molecule has 5 heteroatoms. The van der Waals surface area contributed by atoms with Crippen molar-refractivity contribution in [1.82, 2.24) is 15.1 Å².